The van der Waals surface area contributed by atoms with E-state index in [9.17, 15) is 4.79 Å². The van der Waals surface area contributed by atoms with E-state index in [-0.39, 0.29) is 12.0 Å². The van der Waals surface area contributed by atoms with Crippen LogP contribution in [0.4, 0.5) is 0 Å². The van der Waals surface area contributed by atoms with E-state index >= 15 is 0 Å². The maximum atomic E-state index is 11.4. The molecule has 1 fully saturated rings. The highest BCUT2D eigenvalue weighted by Gasteiger charge is 2.16. The second kappa shape index (κ2) is 6.02. The predicted octanol–water partition coefficient (Wildman–Crippen LogP) is 1.72. The van der Waals surface area contributed by atoms with Gasteiger partial charge in [0.05, 0.1) is 0 Å². The van der Waals surface area contributed by atoms with E-state index in [1.54, 1.807) is 14.0 Å². The summed E-state index contributed by atoms with van der Waals surface area (Å²) in [5.74, 6) is 0.704. The predicted molar refractivity (Wildman–Crippen MR) is 56.1 cm³/mol. The average Bonchev–Trinajstić information content (AvgIpc) is 2.26. The number of rotatable bonds is 4. The second-order valence-corrected chi connectivity index (χ2v) is 4.13. The average molecular weight is 199 g/mol. The molecule has 0 bridgehead atoms. The second-order valence-electron chi connectivity index (χ2n) is 4.13. The molecule has 1 N–H and O–H groups in total. The lowest BCUT2D eigenvalue weighted by atomic mass is 9.89. The van der Waals surface area contributed by atoms with Crippen LogP contribution in [0.25, 0.3) is 0 Å². The Kier molecular flexibility index (Phi) is 4.94. The molecule has 3 heteroatoms. The van der Waals surface area contributed by atoms with E-state index < -0.39 is 0 Å². The summed E-state index contributed by atoms with van der Waals surface area (Å²) in [6.45, 7) is 2.60. The third-order valence-corrected chi connectivity index (χ3v) is 3.01. The minimum Gasteiger partial charge on any atom is -0.372 e. The highest BCUT2D eigenvalue weighted by atomic mass is 16.5. The fraction of sp³-hybridized carbons (Fsp3) is 0.909. The van der Waals surface area contributed by atoms with Crippen LogP contribution in [0.3, 0.4) is 0 Å². The van der Waals surface area contributed by atoms with Crippen molar-refractivity contribution in [2.75, 3.05) is 13.7 Å². The lowest BCUT2D eigenvalue weighted by Crippen LogP contribution is -2.37. The van der Waals surface area contributed by atoms with Gasteiger partial charge in [-0.2, -0.15) is 0 Å². The van der Waals surface area contributed by atoms with Crippen molar-refractivity contribution < 1.29 is 9.53 Å². The first-order chi connectivity index (χ1) is 6.74. The number of hydrogen-bond acceptors (Lipinski definition) is 2. The van der Waals surface area contributed by atoms with Gasteiger partial charge in [-0.15, -0.1) is 0 Å². The van der Waals surface area contributed by atoms with E-state index in [0.717, 1.165) is 6.54 Å². The Hall–Kier alpha value is -0.570. The van der Waals surface area contributed by atoms with Crippen molar-refractivity contribution in [2.24, 2.45) is 5.92 Å². The van der Waals surface area contributed by atoms with Crippen molar-refractivity contribution in [2.45, 2.75) is 45.1 Å². The highest BCUT2D eigenvalue weighted by molar-refractivity contribution is 5.80. The summed E-state index contributed by atoms with van der Waals surface area (Å²) in [6.07, 6.45) is 6.21. The van der Waals surface area contributed by atoms with Gasteiger partial charge in [0, 0.05) is 13.7 Å². The van der Waals surface area contributed by atoms with Crippen LogP contribution in [0.1, 0.15) is 39.0 Å². The number of amides is 1. The van der Waals surface area contributed by atoms with E-state index in [2.05, 4.69) is 5.32 Å². The van der Waals surface area contributed by atoms with Crippen LogP contribution in [-0.4, -0.2) is 25.7 Å². The van der Waals surface area contributed by atoms with Gasteiger partial charge >= 0.3 is 0 Å². The van der Waals surface area contributed by atoms with Crippen LogP contribution in [0.5, 0.6) is 0 Å². The molecular formula is C11H21NO2. The van der Waals surface area contributed by atoms with Gasteiger partial charge < -0.3 is 10.1 Å². The van der Waals surface area contributed by atoms with Crippen LogP contribution in [0.2, 0.25) is 0 Å². The Morgan fingerprint density at radius 1 is 1.43 bits per heavy atom. The van der Waals surface area contributed by atoms with Crippen LogP contribution < -0.4 is 5.32 Å². The van der Waals surface area contributed by atoms with Gasteiger partial charge in [0.15, 0.2) is 0 Å². The van der Waals surface area contributed by atoms with Crippen molar-refractivity contribution in [3.8, 4) is 0 Å². The standard InChI is InChI=1S/C11H21NO2/c1-9(14-2)11(13)12-8-10-6-4-3-5-7-10/h9-10H,3-8H2,1-2H3,(H,12,13). The van der Waals surface area contributed by atoms with Crippen LogP contribution in [-0.2, 0) is 9.53 Å². The van der Waals surface area contributed by atoms with Gasteiger partial charge in [-0.1, -0.05) is 19.3 Å². The first-order valence-corrected chi connectivity index (χ1v) is 5.54. The Morgan fingerprint density at radius 2 is 2.07 bits per heavy atom. The number of carbonyl (C=O) groups is 1. The third kappa shape index (κ3) is 3.66. The molecule has 1 unspecified atom stereocenters. The molecular weight excluding hydrogens is 178 g/mol. The highest BCUT2D eigenvalue weighted by Crippen LogP contribution is 2.22. The molecule has 0 spiro atoms. The topological polar surface area (TPSA) is 38.3 Å². The van der Waals surface area contributed by atoms with Crippen molar-refractivity contribution in [3.05, 3.63) is 0 Å². The molecule has 1 aliphatic carbocycles. The molecule has 0 aromatic heterocycles. The zero-order valence-corrected chi connectivity index (χ0v) is 9.21. The van der Waals surface area contributed by atoms with E-state index in [0.29, 0.717) is 5.92 Å². The van der Waals surface area contributed by atoms with Crippen molar-refractivity contribution in [3.63, 3.8) is 0 Å². The Labute approximate surface area is 86.2 Å². The van der Waals surface area contributed by atoms with Crippen LogP contribution in [0.15, 0.2) is 0 Å². The molecule has 82 valence electrons. The molecule has 14 heavy (non-hydrogen) atoms. The molecule has 0 aromatic carbocycles. The minimum absolute atomic E-state index is 0.0121. The number of hydrogen-bond donors (Lipinski definition) is 1. The maximum Gasteiger partial charge on any atom is 0.248 e. The molecule has 0 saturated heterocycles. The van der Waals surface area contributed by atoms with Gasteiger partial charge in [0.25, 0.3) is 0 Å². The lowest BCUT2D eigenvalue weighted by molar-refractivity contribution is -0.130. The monoisotopic (exact) mass is 199 g/mol. The summed E-state index contributed by atoms with van der Waals surface area (Å²) in [7, 11) is 1.56. The molecule has 0 heterocycles. The van der Waals surface area contributed by atoms with Crippen molar-refractivity contribution in [1.82, 2.24) is 5.32 Å². The lowest BCUT2D eigenvalue weighted by Gasteiger charge is -2.22. The molecule has 1 aliphatic rings. The molecule has 0 aromatic rings. The fourth-order valence-electron chi connectivity index (χ4n) is 1.89. The normalized spacial score (nSPS) is 20.4. The quantitative estimate of drug-likeness (QED) is 0.748. The minimum atomic E-state index is -0.321. The summed E-state index contributed by atoms with van der Waals surface area (Å²) >= 11 is 0. The molecule has 1 atom stereocenters. The number of ether oxygens (including phenoxy) is 1. The van der Waals surface area contributed by atoms with Gasteiger partial charge in [0.2, 0.25) is 5.91 Å². The smallest absolute Gasteiger partial charge is 0.248 e. The summed E-state index contributed by atoms with van der Waals surface area (Å²) < 4.78 is 4.94. The van der Waals surface area contributed by atoms with Crippen LogP contribution >= 0.6 is 0 Å². The zero-order chi connectivity index (χ0) is 10.4. The SMILES string of the molecule is COC(C)C(=O)NCC1CCCCC1. The number of nitrogens with one attached hydrogen (secondary N) is 1. The molecule has 0 radical (unpaired) electrons. The van der Waals surface area contributed by atoms with E-state index in [1.165, 1.54) is 32.1 Å². The van der Waals surface area contributed by atoms with Crippen molar-refractivity contribution >= 4 is 5.91 Å². The van der Waals surface area contributed by atoms with Crippen LogP contribution in [0, 0.1) is 5.92 Å². The summed E-state index contributed by atoms with van der Waals surface area (Å²) in [4.78, 5) is 11.4. The van der Waals surface area contributed by atoms with Gasteiger partial charge in [0.1, 0.15) is 6.10 Å². The van der Waals surface area contributed by atoms with Gasteiger partial charge in [-0.3, -0.25) is 4.79 Å². The maximum absolute atomic E-state index is 11.4. The first kappa shape index (κ1) is 11.5. The Morgan fingerprint density at radius 3 is 2.64 bits per heavy atom. The van der Waals surface area contributed by atoms with Gasteiger partial charge in [-0.25, -0.2) is 0 Å². The molecule has 0 aliphatic heterocycles. The Balaban J connectivity index is 2.15. The zero-order valence-electron chi connectivity index (χ0n) is 9.21. The third-order valence-electron chi connectivity index (χ3n) is 3.01. The summed E-state index contributed by atoms with van der Waals surface area (Å²) in [5.41, 5.74) is 0. The van der Waals surface area contributed by atoms with Crippen molar-refractivity contribution in [1.29, 1.82) is 0 Å². The molecule has 1 amide bonds. The molecule has 1 rings (SSSR count). The largest absolute Gasteiger partial charge is 0.372 e. The number of methoxy groups -OCH3 is 1. The number of carbonyl (C=O) groups excluding carboxylic acids is 1. The summed E-state index contributed by atoms with van der Waals surface area (Å²) in [5, 5.41) is 2.94. The Bertz CT molecular complexity index is 176. The van der Waals surface area contributed by atoms with E-state index in [4.69, 9.17) is 4.74 Å². The fourth-order valence-corrected chi connectivity index (χ4v) is 1.89. The summed E-state index contributed by atoms with van der Waals surface area (Å²) in [6, 6.07) is 0. The first-order valence-electron chi connectivity index (χ1n) is 5.54. The molecule has 1 saturated carbocycles. The van der Waals surface area contributed by atoms with E-state index in [1.807, 2.05) is 0 Å². The van der Waals surface area contributed by atoms with Gasteiger partial charge in [-0.05, 0) is 25.7 Å². The molecule has 3 nitrogen and oxygen atoms in total.